The minimum absolute atomic E-state index is 0.354. The van der Waals surface area contributed by atoms with E-state index in [-0.39, 0.29) is 6.54 Å². The fraction of sp³-hybridized carbons (Fsp3) is 0.190. The van der Waals surface area contributed by atoms with E-state index in [1.54, 1.807) is 19.2 Å². The number of anilines is 1. The molecule has 7 heteroatoms. The number of hydrogen-bond donors (Lipinski definition) is 3. The van der Waals surface area contributed by atoms with Gasteiger partial charge in [0.1, 0.15) is 12.1 Å². The number of aromatic amines is 1. The van der Waals surface area contributed by atoms with Gasteiger partial charge in [0.15, 0.2) is 0 Å². The third kappa shape index (κ3) is 2.90. The Labute approximate surface area is 161 Å². The number of H-pyrrole nitrogens is 1. The SMILES string of the molecule is Cc1ccc(C2(C)NC(=O)N(CC(=O)Nc3cccc4[nH]ccc34)C2=O)cc1. The van der Waals surface area contributed by atoms with Crippen LogP contribution in [0.3, 0.4) is 0 Å². The van der Waals surface area contributed by atoms with Crippen LogP contribution in [0, 0.1) is 6.92 Å². The van der Waals surface area contributed by atoms with E-state index < -0.39 is 23.4 Å². The molecule has 1 fully saturated rings. The number of rotatable bonds is 4. The highest BCUT2D eigenvalue weighted by atomic mass is 16.2. The van der Waals surface area contributed by atoms with Crippen LogP contribution in [0.4, 0.5) is 10.5 Å². The first kappa shape index (κ1) is 17.8. The molecular formula is C21H20N4O3. The number of aryl methyl sites for hydroxylation is 1. The maximum atomic E-state index is 12.9. The summed E-state index contributed by atoms with van der Waals surface area (Å²) in [5.41, 5.74) is 2.05. The molecule has 1 saturated heterocycles. The van der Waals surface area contributed by atoms with Crippen LogP contribution in [0.15, 0.2) is 54.7 Å². The summed E-state index contributed by atoms with van der Waals surface area (Å²) in [6, 6.07) is 14.1. The Morgan fingerprint density at radius 1 is 1.11 bits per heavy atom. The summed E-state index contributed by atoms with van der Waals surface area (Å²) in [7, 11) is 0. The zero-order valence-electron chi connectivity index (χ0n) is 15.6. The molecule has 7 nitrogen and oxygen atoms in total. The largest absolute Gasteiger partial charge is 0.361 e. The first-order valence-electron chi connectivity index (χ1n) is 8.96. The molecule has 0 spiro atoms. The van der Waals surface area contributed by atoms with Crippen molar-refractivity contribution in [2.45, 2.75) is 19.4 Å². The Bertz CT molecular complexity index is 1090. The summed E-state index contributed by atoms with van der Waals surface area (Å²) in [5, 5.41) is 6.35. The smallest absolute Gasteiger partial charge is 0.325 e. The van der Waals surface area contributed by atoms with Crippen LogP contribution in [0.1, 0.15) is 18.1 Å². The predicted molar refractivity (Wildman–Crippen MR) is 106 cm³/mol. The number of carbonyl (C=O) groups excluding carboxylic acids is 3. The van der Waals surface area contributed by atoms with E-state index in [1.807, 2.05) is 49.4 Å². The second kappa shape index (κ2) is 6.53. The van der Waals surface area contributed by atoms with E-state index in [2.05, 4.69) is 15.6 Å². The van der Waals surface area contributed by atoms with Gasteiger partial charge in [0.25, 0.3) is 5.91 Å². The number of nitrogens with zero attached hydrogens (tertiary/aromatic N) is 1. The molecule has 1 aromatic heterocycles. The average molecular weight is 376 g/mol. The van der Waals surface area contributed by atoms with Crippen molar-refractivity contribution in [3.8, 4) is 0 Å². The second-order valence-electron chi connectivity index (χ2n) is 7.11. The maximum Gasteiger partial charge on any atom is 0.325 e. The van der Waals surface area contributed by atoms with Crippen LogP contribution in [0.25, 0.3) is 10.9 Å². The van der Waals surface area contributed by atoms with Crippen molar-refractivity contribution in [3.05, 3.63) is 65.9 Å². The minimum atomic E-state index is -1.19. The number of fused-ring (bicyclic) bond motifs is 1. The van der Waals surface area contributed by atoms with Gasteiger partial charge in [-0.15, -0.1) is 0 Å². The molecule has 4 amide bonds. The summed E-state index contributed by atoms with van der Waals surface area (Å²) in [4.78, 5) is 41.9. The van der Waals surface area contributed by atoms with E-state index in [0.717, 1.165) is 21.4 Å². The number of aromatic nitrogens is 1. The van der Waals surface area contributed by atoms with E-state index in [0.29, 0.717) is 11.3 Å². The lowest BCUT2D eigenvalue weighted by atomic mass is 9.91. The molecule has 28 heavy (non-hydrogen) atoms. The summed E-state index contributed by atoms with van der Waals surface area (Å²) < 4.78 is 0. The summed E-state index contributed by atoms with van der Waals surface area (Å²) in [6.07, 6.45) is 1.78. The quantitative estimate of drug-likeness (QED) is 0.611. The van der Waals surface area contributed by atoms with Crippen molar-refractivity contribution in [2.24, 2.45) is 0 Å². The average Bonchev–Trinajstić information content (AvgIpc) is 3.22. The number of amides is 4. The monoisotopic (exact) mass is 376 g/mol. The van der Waals surface area contributed by atoms with Gasteiger partial charge in [-0.1, -0.05) is 35.9 Å². The molecule has 1 aliphatic heterocycles. The van der Waals surface area contributed by atoms with Crippen LogP contribution < -0.4 is 10.6 Å². The Kier molecular flexibility index (Phi) is 4.15. The second-order valence-corrected chi connectivity index (χ2v) is 7.11. The molecular weight excluding hydrogens is 356 g/mol. The fourth-order valence-electron chi connectivity index (χ4n) is 3.45. The molecule has 1 aliphatic rings. The Morgan fingerprint density at radius 2 is 1.86 bits per heavy atom. The van der Waals surface area contributed by atoms with Gasteiger partial charge in [-0.3, -0.25) is 14.5 Å². The van der Waals surface area contributed by atoms with Gasteiger partial charge in [-0.2, -0.15) is 0 Å². The van der Waals surface area contributed by atoms with E-state index in [1.165, 1.54) is 0 Å². The lowest BCUT2D eigenvalue weighted by Crippen LogP contribution is -2.42. The third-order valence-electron chi connectivity index (χ3n) is 5.07. The van der Waals surface area contributed by atoms with Crippen LogP contribution in [0.2, 0.25) is 0 Å². The number of imide groups is 1. The molecule has 0 saturated carbocycles. The molecule has 0 bridgehead atoms. The van der Waals surface area contributed by atoms with E-state index >= 15 is 0 Å². The Morgan fingerprint density at radius 3 is 2.61 bits per heavy atom. The van der Waals surface area contributed by atoms with Gasteiger partial charge < -0.3 is 15.6 Å². The van der Waals surface area contributed by atoms with Crippen molar-refractivity contribution in [3.63, 3.8) is 0 Å². The first-order valence-corrected chi connectivity index (χ1v) is 8.96. The van der Waals surface area contributed by atoms with Crippen molar-refractivity contribution in [1.82, 2.24) is 15.2 Å². The molecule has 3 N–H and O–H groups in total. The highest BCUT2D eigenvalue weighted by Crippen LogP contribution is 2.29. The summed E-state index contributed by atoms with van der Waals surface area (Å²) >= 11 is 0. The van der Waals surface area contributed by atoms with Gasteiger partial charge in [0, 0.05) is 17.1 Å². The van der Waals surface area contributed by atoms with Crippen molar-refractivity contribution < 1.29 is 14.4 Å². The van der Waals surface area contributed by atoms with Crippen LogP contribution in [-0.4, -0.2) is 34.3 Å². The highest BCUT2D eigenvalue weighted by molar-refractivity contribution is 6.11. The molecule has 0 aliphatic carbocycles. The minimum Gasteiger partial charge on any atom is -0.361 e. The highest BCUT2D eigenvalue weighted by Gasteiger charge is 2.49. The summed E-state index contributed by atoms with van der Waals surface area (Å²) in [5.74, 6) is -0.887. The third-order valence-corrected chi connectivity index (χ3v) is 5.07. The summed E-state index contributed by atoms with van der Waals surface area (Å²) in [6.45, 7) is 3.24. The van der Waals surface area contributed by atoms with Crippen molar-refractivity contribution in [1.29, 1.82) is 0 Å². The lowest BCUT2D eigenvalue weighted by Gasteiger charge is -2.22. The number of urea groups is 1. The molecule has 142 valence electrons. The Balaban J connectivity index is 1.52. The number of nitrogens with one attached hydrogen (secondary N) is 3. The molecule has 1 atom stereocenters. The standard InChI is InChI=1S/C21H20N4O3/c1-13-6-8-14(9-7-13)21(2)19(27)25(20(28)24-21)12-18(26)23-17-5-3-4-16-15(17)10-11-22-16/h3-11,22H,12H2,1-2H3,(H,23,26)(H,24,28). The number of carbonyl (C=O) groups is 3. The van der Waals surface area contributed by atoms with Gasteiger partial charge in [0.05, 0.1) is 5.69 Å². The fourth-order valence-corrected chi connectivity index (χ4v) is 3.45. The van der Waals surface area contributed by atoms with Gasteiger partial charge in [-0.25, -0.2) is 4.79 Å². The number of hydrogen-bond acceptors (Lipinski definition) is 3. The lowest BCUT2D eigenvalue weighted by molar-refractivity contribution is -0.133. The molecule has 4 rings (SSSR count). The topological polar surface area (TPSA) is 94.3 Å². The molecule has 2 aromatic carbocycles. The van der Waals surface area contributed by atoms with Crippen molar-refractivity contribution >= 4 is 34.4 Å². The van der Waals surface area contributed by atoms with Gasteiger partial charge in [0.2, 0.25) is 5.91 Å². The molecule has 2 heterocycles. The molecule has 1 unspecified atom stereocenters. The molecule has 3 aromatic rings. The Hall–Kier alpha value is -3.61. The van der Waals surface area contributed by atoms with E-state index in [9.17, 15) is 14.4 Å². The van der Waals surface area contributed by atoms with Gasteiger partial charge >= 0.3 is 6.03 Å². The number of benzene rings is 2. The molecule has 0 radical (unpaired) electrons. The van der Waals surface area contributed by atoms with E-state index in [4.69, 9.17) is 0 Å². The zero-order chi connectivity index (χ0) is 19.9. The van der Waals surface area contributed by atoms with Crippen LogP contribution in [0.5, 0.6) is 0 Å². The van der Waals surface area contributed by atoms with Gasteiger partial charge in [-0.05, 0) is 37.6 Å². The van der Waals surface area contributed by atoms with Crippen LogP contribution in [-0.2, 0) is 15.1 Å². The first-order chi connectivity index (χ1) is 13.4. The normalized spacial score (nSPS) is 19.1. The van der Waals surface area contributed by atoms with Crippen LogP contribution >= 0.6 is 0 Å². The zero-order valence-corrected chi connectivity index (χ0v) is 15.6. The maximum absolute atomic E-state index is 12.9. The van der Waals surface area contributed by atoms with Crippen molar-refractivity contribution in [2.75, 3.05) is 11.9 Å². The predicted octanol–water partition coefficient (Wildman–Crippen LogP) is 2.88.